The Balaban J connectivity index is 0.00000196. The Morgan fingerprint density at radius 1 is 1.47 bits per heavy atom. The fourth-order valence-corrected chi connectivity index (χ4v) is 1.36. The molecule has 1 aromatic carbocycles. The molecule has 0 aliphatic heterocycles. The van der Waals surface area contributed by atoms with Crippen molar-refractivity contribution in [3.05, 3.63) is 29.6 Å². The van der Waals surface area contributed by atoms with Crippen LogP contribution in [0.3, 0.4) is 0 Å². The molecule has 0 radical (unpaired) electrons. The van der Waals surface area contributed by atoms with Crippen LogP contribution in [0, 0.1) is 11.7 Å². The molecule has 0 fully saturated rings. The highest BCUT2D eigenvalue weighted by Crippen LogP contribution is 2.30. The number of phenolic OH excluding ortho intramolecular Hbond substituents is 1. The molecule has 86 valence electrons. The van der Waals surface area contributed by atoms with Crippen molar-refractivity contribution in [1.29, 1.82) is 0 Å². The van der Waals surface area contributed by atoms with E-state index in [4.69, 9.17) is 5.73 Å². The molecule has 2 nitrogen and oxygen atoms in total. The molecule has 0 spiro atoms. The van der Waals surface area contributed by atoms with Crippen LogP contribution in [0.4, 0.5) is 4.39 Å². The number of halogens is 2. The van der Waals surface area contributed by atoms with Gasteiger partial charge in [-0.15, -0.1) is 12.4 Å². The minimum atomic E-state index is -0.610. The van der Waals surface area contributed by atoms with Gasteiger partial charge < -0.3 is 10.8 Å². The first-order chi connectivity index (χ1) is 6.57. The molecule has 0 amide bonds. The molecule has 0 saturated heterocycles. The molecule has 4 heteroatoms. The van der Waals surface area contributed by atoms with Gasteiger partial charge in [0, 0.05) is 11.6 Å². The minimum absolute atomic E-state index is 0. The second-order valence-electron chi connectivity index (χ2n) is 3.59. The van der Waals surface area contributed by atoms with Gasteiger partial charge in [0.2, 0.25) is 0 Å². The minimum Gasteiger partial charge on any atom is -0.505 e. The molecule has 0 bridgehead atoms. The van der Waals surface area contributed by atoms with Gasteiger partial charge in [-0.05, 0) is 12.0 Å². The number of hydrogen-bond acceptors (Lipinski definition) is 2. The molecular weight excluding hydrogens is 217 g/mol. The van der Waals surface area contributed by atoms with Crippen molar-refractivity contribution in [1.82, 2.24) is 0 Å². The molecule has 0 heterocycles. The standard InChI is InChI=1S/C11H16FNO.ClH/c1-3-7(2)10(13)8-5-4-6-9(12)11(8)14;/h4-7,10,14H,3,13H2,1-2H3;1H/t7?,10-;/m0./s1. The van der Waals surface area contributed by atoms with Gasteiger partial charge in [-0.25, -0.2) is 4.39 Å². The number of rotatable bonds is 3. The molecule has 0 aromatic heterocycles. The van der Waals surface area contributed by atoms with E-state index in [-0.39, 0.29) is 30.1 Å². The number of aromatic hydroxyl groups is 1. The van der Waals surface area contributed by atoms with E-state index in [0.717, 1.165) is 6.42 Å². The summed E-state index contributed by atoms with van der Waals surface area (Å²) in [4.78, 5) is 0. The lowest BCUT2D eigenvalue weighted by Crippen LogP contribution is -2.18. The summed E-state index contributed by atoms with van der Waals surface area (Å²) in [6.45, 7) is 4.00. The number of para-hydroxylation sites is 1. The predicted molar refractivity (Wildman–Crippen MR) is 61.7 cm³/mol. The van der Waals surface area contributed by atoms with E-state index < -0.39 is 5.82 Å². The number of phenols is 1. The van der Waals surface area contributed by atoms with Gasteiger partial charge >= 0.3 is 0 Å². The van der Waals surface area contributed by atoms with Crippen LogP contribution >= 0.6 is 12.4 Å². The molecule has 15 heavy (non-hydrogen) atoms. The van der Waals surface area contributed by atoms with E-state index in [1.54, 1.807) is 12.1 Å². The topological polar surface area (TPSA) is 46.2 Å². The predicted octanol–water partition coefficient (Wildman–Crippen LogP) is 3.00. The highest BCUT2D eigenvalue weighted by molar-refractivity contribution is 5.85. The second kappa shape index (κ2) is 5.93. The number of hydrogen-bond donors (Lipinski definition) is 2. The van der Waals surface area contributed by atoms with Crippen LogP contribution < -0.4 is 5.73 Å². The Labute approximate surface area is 95.7 Å². The lowest BCUT2D eigenvalue weighted by molar-refractivity contribution is 0.396. The Morgan fingerprint density at radius 2 is 2.07 bits per heavy atom. The third-order valence-electron chi connectivity index (χ3n) is 2.63. The Hall–Kier alpha value is -0.800. The second-order valence-corrected chi connectivity index (χ2v) is 3.59. The van der Waals surface area contributed by atoms with Crippen LogP contribution in [-0.2, 0) is 0 Å². The summed E-state index contributed by atoms with van der Waals surface area (Å²) in [5.41, 5.74) is 6.38. The normalized spacial score (nSPS) is 14.1. The first kappa shape index (κ1) is 14.2. The highest BCUT2D eigenvalue weighted by atomic mass is 35.5. The monoisotopic (exact) mass is 233 g/mol. The van der Waals surface area contributed by atoms with Gasteiger partial charge in [-0.2, -0.15) is 0 Å². The zero-order chi connectivity index (χ0) is 10.7. The quantitative estimate of drug-likeness (QED) is 0.843. The van der Waals surface area contributed by atoms with Crippen molar-refractivity contribution in [3.8, 4) is 5.75 Å². The molecule has 1 aromatic rings. The van der Waals surface area contributed by atoms with Gasteiger partial charge in [-0.3, -0.25) is 0 Å². The lowest BCUT2D eigenvalue weighted by atomic mass is 9.93. The summed E-state index contributed by atoms with van der Waals surface area (Å²) < 4.78 is 13.0. The maximum atomic E-state index is 13.0. The van der Waals surface area contributed by atoms with E-state index in [2.05, 4.69) is 0 Å². The summed E-state index contributed by atoms with van der Waals surface area (Å²) in [5.74, 6) is -0.704. The molecule has 0 aliphatic carbocycles. The van der Waals surface area contributed by atoms with Gasteiger partial charge in [-0.1, -0.05) is 32.4 Å². The van der Waals surface area contributed by atoms with Crippen LogP contribution in [0.5, 0.6) is 5.75 Å². The summed E-state index contributed by atoms with van der Waals surface area (Å²) >= 11 is 0. The van der Waals surface area contributed by atoms with Gasteiger partial charge in [0.25, 0.3) is 0 Å². The van der Waals surface area contributed by atoms with Crippen molar-refractivity contribution >= 4 is 12.4 Å². The van der Waals surface area contributed by atoms with Gasteiger partial charge in [0.05, 0.1) is 0 Å². The third-order valence-corrected chi connectivity index (χ3v) is 2.63. The molecule has 0 saturated carbocycles. The molecule has 1 rings (SSSR count). The van der Waals surface area contributed by atoms with E-state index in [1.807, 2.05) is 13.8 Å². The molecular formula is C11H17ClFNO. The van der Waals surface area contributed by atoms with Gasteiger partial charge in [0.15, 0.2) is 11.6 Å². The fraction of sp³-hybridized carbons (Fsp3) is 0.455. The van der Waals surface area contributed by atoms with Crippen molar-refractivity contribution in [2.24, 2.45) is 11.7 Å². The van der Waals surface area contributed by atoms with E-state index in [0.29, 0.717) is 5.56 Å². The number of benzene rings is 1. The zero-order valence-electron chi connectivity index (χ0n) is 8.90. The molecule has 3 N–H and O–H groups in total. The van der Waals surface area contributed by atoms with E-state index >= 15 is 0 Å². The van der Waals surface area contributed by atoms with Crippen LogP contribution in [0.15, 0.2) is 18.2 Å². The summed E-state index contributed by atoms with van der Waals surface area (Å²) in [5, 5.41) is 9.46. The highest BCUT2D eigenvalue weighted by Gasteiger charge is 2.18. The third kappa shape index (κ3) is 3.08. The number of nitrogens with two attached hydrogens (primary N) is 1. The maximum absolute atomic E-state index is 13.0. The van der Waals surface area contributed by atoms with E-state index in [9.17, 15) is 9.50 Å². The van der Waals surface area contributed by atoms with Crippen LogP contribution in [0.25, 0.3) is 0 Å². The summed E-state index contributed by atoms with van der Waals surface area (Å²) in [6.07, 6.45) is 0.900. The first-order valence-electron chi connectivity index (χ1n) is 4.80. The summed E-state index contributed by atoms with van der Waals surface area (Å²) in [7, 11) is 0. The Morgan fingerprint density at radius 3 is 2.60 bits per heavy atom. The lowest BCUT2D eigenvalue weighted by Gasteiger charge is -2.19. The van der Waals surface area contributed by atoms with Crippen LogP contribution in [-0.4, -0.2) is 5.11 Å². The SMILES string of the molecule is CCC(C)[C@H](N)c1cccc(F)c1O.Cl. The molecule has 1 unspecified atom stereocenters. The average molecular weight is 234 g/mol. The van der Waals surface area contributed by atoms with Crippen LogP contribution in [0.1, 0.15) is 31.9 Å². The van der Waals surface area contributed by atoms with Crippen molar-refractivity contribution in [2.45, 2.75) is 26.3 Å². The van der Waals surface area contributed by atoms with Crippen LogP contribution in [0.2, 0.25) is 0 Å². The first-order valence-corrected chi connectivity index (χ1v) is 4.80. The average Bonchev–Trinajstić information content (AvgIpc) is 2.20. The van der Waals surface area contributed by atoms with Crippen molar-refractivity contribution in [2.75, 3.05) is 0 Å². The van der Waals surface area contributed by atoms with Crippen molar-refractivity contribution in [3.63, 3.8) is 0 Å². The van der Waals surface area contributed by atoms with Gasteiger partial charge in [0.1, 0.15) is 0 Å². The smallest absolute Gasteiger partial charge is 0.165 e. The van der Waals surface area contributed by atoms with E-state index in [1.165, 1.54) is 6.07 Å². The largest absolute Gasteiger partial charge is 0.505 e. The van der Waals surface area contributed by atoms with Crippen molar-refractivity contribution < 1.29 is 9.50 Å². The molecule has 0 aliphatic rings. The Bertz CT molecular complexity index is 319. The fourth-order valence-electron chi connectivity index (χ4n) is 1.36. The maximum Gasteiger partial charge on any atom is 0.165 e. The Kier molecular flexibility index (Phi) is 5.61. The zero-order valence-corrected chi connectivity index (χ0v) is 9.72. The summed E-state index contributed by atoms with van der Waals surface area (Å²) in [6, 6.07) is 4.14. The molecule has 2 atom stereocenters.